The Morgan fingerprint density at radius 3 is 2.63 bits per heavy atom. The Bertz CT molecular complexity index is 575. The molecule has 0 aliphatic heterocycles. The van der Waals surface area contributed by atoms with Gasteiger partial charge in [-0.15, -0.1) is 10.2 Å². The smallest absolute Gasteiger partial charge is 0.193 e. The van der Waals surface area contributed by atoms with Gasteiger partial charge in [0.25, 0.3) is 0 Å². The number of oxime groups is 1. The summed E-state index contributed by atoms with van der Waals surface area (Å²) in [5.74, 6) is 0.732. The number of aryl methyl sites for hydroxylation is 1. The van der Waals surface area contributed by atoms with Crippen molar-refractivity contribution >= 4 is 11.5 Å². The average molecular weight is 261 g/mol. The van der Waals surface area contributed by atoms with Crippen molar-refractivity contribution in [2.75, 3.05) is 11.9 Å². The third-order valence-electron chi connectivity index (χ3n) is 2.64. The van der Waals surface area contributed by atoms with Crippen molar-refractivity contribution in [3.05, 3.63) is 35.7 Å². The summed E-state index contributed by atoms with van der Waals surface area (Å²) in [5.41, 5.74) is 7.14. The Kier molecular flexibility index (Phi) is 3.60. The number of rotatable bonds is 4. The van der Waals surface area contributed by atoms with Gasteiger partial charge in [0.05, 0.1) is 13.6 Å². The summed E-state index contributed by atoms with van der Waals surface area (Å²) in [5, 5.41) is 23.4. The molecule has 100 valence electrons. The highest BCUT2D eigenvalue weighted by molar-refractivity contribution is 5.97. The van der Waals surface area contributed by atoms with E-state index in [0.717, 1.165) is 5.69 Å². The Morgan fingerprint density at radius 1 is 1.42 bits per heavy atom. The van der Waals surface area contributed by atoms with Crippen LogP contribution in [0.25, 0.3) is 0 Å². The van der Waals surface area contributed by atoms with Gasteiger partial charge in [-0.3, -0.25) is 0 Å². The molecule has 8 nitrogen and oxygen atoms in total. The number of anilines is 1. The predicted molar refractivity (Wildman–Crippen MR) is 69.9 cm³/mol. The summed E-state index contributed by atoms with van der Waals surface area (Å²) in [6.45, 7) is 0.552. The van der Waals surface area contributed by atoms with E-state index in [-0.39, 0.29) is 5.84 Å². The van der Waals surface area contributed by atoms with Crippen LogP contribution in [-0.4, -0.2) is 38.3 Å². The van der Waals surface area contributed by atoms with Gasteiger partial charge in [0.15, 0.2) is 11.7 Å². The second kappa shape index (κ2) is 5.34. The van der Waals surface area contributed by atoms with Gasteiger partial charge < -0.3 is 15.8 Å². The van der Waals surface area contributed by atoms with Crippen LogP contribution >= 0.6 is 0 Å². The van der Waals surface area contributed by atoms with E-state index < -0.39 is 0 Å². The third kappa shape index (κ3) is 2.97. The van der Waals surface area contributed by atoms with E-state index in [4.69, 9.17) is 10.9 Å². The van der Waals surface area contributed by atoms with E-state index in [1.807, 2.05) is 24.1 Å². The average Bonchev–Trinajstić information content (AvgIpc) is 2.83. The number of hydrogen-bond donors (Lipinski definition) is 2. The first-order valence-corrected chi connectivity index (χ1v) is 5.62. The highest BCUT2D eigenvalue weighted by atomic mass is 16.4. The Morgan fingerprint density at radius 2 is 2.11 bits per heavy atom. The third-order valence-corrected chi connectivity index (χ3v) is 2.64. The normalized spacial score (nSPS) is 11.6. The van der Waals surface area contributed by atoms with Crippen LogP contribution in [0.2, 0.25) is 0 Å². The van der Waals surface area contributed by atoms with Gasteiger partial charge in [-0.05, 0) is 29.5 Å². The maximum Gasteiger partial charge on any atom is 0.193 e. The minimum Gasteiger partial charge on any atom is -0.409 e. The van der Waals surface area contributed by atoms with E-state index in [1.54, 1.807) is 19.2 Å². The molecule has 8 heteroatoms. The number of tetrazole rings is 1. The first kappa shape index (κ1) is 12.8. The van der Waals surface area contributed by atoms with Crippen molar-refractivity contribution in [1.82, 2.24) is 20.2 Å². The molecule has 1 aromatic carbocycles. The number of amidine groups is 1. The second-order valence-corrected chi connectivity index (χ2v) is 4.08. The molecule has 0 bridgehead atoms. The number of nitrogens with zero attached hydrogens (tertiary/aromatic N) is 6. The van der Waals surface area contributed by atoms with Crippen molar-refractivity contribution in [3.63, 3.8) is 0 Å². The maximum atomic E-state index is 8.59. The van der Waals surface area contributed by atoms with Gasteiger partial charge in [0, 0.05) is 18.3 Å². The van der Waals surface area contributed by atoms with Crippen LogP contribution in [-0.2, 0) is 13.6 Å². The lowest BCUT2D eigenvalue weighted by molar-refractivity contribution is 0.318. The Labute approximate surface area is 110 Å². The molecule has 0 saturated carbocycles. The number of aromatic nitrogens is 4. The SMILES string of the molecule is CN(Cc1nnn(C)n1)c1ccc(/C(N)=N/O)cc1. The van der Waals surface area contributed by atoms with E-state index >= 15 is 0 Å². The molecule has 1 aromatic heterocycles. The molecule has 0 fully saturated rings. The molecular formula is C11H15N7O. The molecule has 0 aliphatic rings. The summed E-state index contributed by atoms with van der Waals surface area (Å²) >= 11 is 0. The van der Waals surface area contributed by atoms with Gasteiger partial charge in [-0.2, -0.15) is 4.80 Å². The largest absolute Gasteiger partial charge is 0.409 e. The van der Waals surface area contributed by atoms with Crippen molar-refractivity contribution in [2.24, 2.45) is 17.9 Å². The van der Waals surface area contributed by atoms with Crippen LogP contribution < -0.4 is 10.6 Å². The lowest BCUT2D eigenvalue weighted by atomic mass is 10.2. The fraction of sp³-hybridized carbons (Fsp3) is 0.273. The summed E-state index contributed by atoms with van der Waals surface area (Å²) < 4.78 is 0. The number of benzene rings is 1. The zero-order chi connectivity index (χ0) is 13.8. The summed E-state index contributed by atoms with van der Waals surface area (Å²) in [4.78, 5) is 3.40. The minimum atomic E-state index is 0.0878. The molecule has 2 aromatic rings. The Hall–Kier alpha value is -2.64. The fourth-order valence-electron chi connectivity index (χ4n) is 1.63. The minimum absolute atomic E-state index is 0.0878. The van der Waals surface area contributed by atoms with Crippen LogP contribution in [0.1, 0.15) is 11.4 Å². The molecule has 0 saturated heterocycles. The quantitative estimate of drug-likeness (QED) is 0.346. The lowest BCUT2D eigenvalue weighted by Crippen LogP contribution is -2.18. The van der Waals surface area contributed by atoms with E-state index in [1.165, 1.54) is 4.80 Å². The highest BCUT2D eigenvalue weighted by Crippen LogP contribution is 2.15. The first-order valence-electron chi connectivity index (χ1n) is 5.62. The van der Waals surface area contributed by atoms with Crippen molar-refractivity contribution < 1.29 is 5.21 Å². The predicted octanol–water partition coefficient (Wildman–Crippen LogP) is -0.0590. The summed E-state index contributed by atoms with van der Waals surface area (Å²) in [6.07, 6.45) is 0. The van der Waals surface area contributed by atoms with Crippen LogP contribution in [0.4, 0.5) is 5.69 Å². The molecule has 0 radical (unpaired) electrons. The molecule has 1 heterocycles. The molecule has 0 aliphatic carbocycles. The van der Waals surface area contributed by atoms with Gasteiger partial charge in [-0.25, -0.2) is 0 Å². The zero-order valence-corrected chi connectivity index (χ0v) is 10.7. The van der Waals surface area contributed by atoms with Gasteiger partial charge >= 0.3 is 0 Å². The van der Waals surface area contributed by atoms with Crippen LogP contribution in [0.5, 0.6) is 0 Å². The van der Waals surface area contributed by atoms with E-state index in [2.05, 4.69) is 20.6 Å². The summed E-state index contributed by atoms with van der Waals surface area (Å²) in [7, 11) is 3.65. The van der Waals surface area contributed by atoms with E-state index in [9.17, 15) is 0 Å². The van der Waals surface area contributed by atoms with Gasteiger partial charge in [0.2, 0.25) is 0 Å². The highest BCUT2D eigenvalue weighted by Gasteiger charge is 2.07. The molecule has 3 N–H and O–H groups in total. The van der Waals surface area contributed by atoms with Crippen molar-refractivity contribution in [2.45, 2.75) is 6.54 Å². The number of hydrogen-bond acceptors (Lipinski definition) is 6. The molecular weight excluding hydrogens is 246 g/mol. The fourth-order valence-corrected chi connectivity index (χ4v) is 1.63. The topological polar surface area (TPSA) is 105 Å². The molecule has 19 heavy (non-hydrogen) atoms. The number of nitrogens with two attached hydrogens (primary N) is 1. The molecule has 0 amide bonds. The molecule has 0 spiro atoms. The first-order chi connectivity index (χ1) is 9.10. The van der Waals surface area contributed by atoms with Crippen LogP contribution in [0.3, 0.4) is 0 Å². The van der Waals surface area contributed by atoms with Crippen LogP contribution in [0, 0.1) is 0 Å². The Balaban J connectivity index is 2.09. The molecule has 2 rings (SSSR count). The van der Waals surface area contributed by atoms with Crippen molar-refractivity contribution in [3.8, 4) is 0 Å². The molecule has 0 unspecified atom stereocenters. The van der Waals surface area contributed by atoms with E-state index in [0.29, 0.717) is 17.9 Å². The molecule has 0 atom stereocenters. The lowest BCUT2D eigenvalue weighted by Gasteiger charge is -2.17. The van der Waals surface area contributed by atoms with Gasteiger partial charge in [-0.1, -0.05) is 5.16 Å². The second-order valence-electron chi connectivity index (χ2n) is 4.08. The zero-order valence-electron chi connectivity index (χ0n) is 10.7. The van der Waals surface area contributed by atoms with Crippen LogP contribution in [0.15, 0.2) is 29.4 Å². The summed E-state index contributed by atoms with van der Waals surface area (Å²) in [6, 6.07) is 7.32. The van der Waals surface area contributed by atoms with Crippen molar-refractivity contribution in [1.29, 1.82) is 0 Å². The standard InChI is InChI=1S/C11H15N7O/c1-17(7-10-13-16-18(2)14-10)9-5-3-8(4-6-9)11(12)15-19/h3-6,19H,7H2,1-2H3,(H2,12,15). The monoisotopic (exact) mass is 261 g/mol. The maximum absolute atomic E-state index is 8.59. The van der Waals surface area contributed by atoms with Gasteiger partial charge in [0.1, 0.15) is 0 Å².